The van der Waals surface area contributed by atoms with Crippen molar-refractivity contribution < 1.29 is 24.7 Å². The van der Waals surface area contributed by atoms with Gasteiger partial charge in [-0.3, -0.25) is 14.9 Å². The van der Waals surface area contributed by atoms with Crippen molar-refractivity contribution in [2.24, 2.45) is 0 Å². The van der Waals surface area contributed by atoms with Crippen LogP contribution in [0.4, 0.5) is 0 Å². The molecule has 2 aliphatic heterocycles. The van der Waals surface area contributed by atoms with Gasteiger partial charge in [-0.2, -0.15) is 0 Å². The van der Waals surface area contributed by atoms with Crippen molar-refractivity contribution >= 4 is 11.7 Å². The molecule has 0 spiro atoms. The second-order valence-electron chi connectivity index (χ2n) is 5.99. The molecule has 136 valence electrons. The number of nitrogens with zero attached hydrogens (tertiary/aromatic N) is 2. The van der Waals surface area contributed by atoms with Gasteiger partial charge in [-0.15, -0.1) is 0 Å². The Morgan fingerprint density at radius 1 is 1.28 bits per heavy atom. The average molecular weight is 349 g/mol. The first-order valence-electron chi connectivity index (χ1n) is 8.36. The number of nitrogens with one attached hydrogen (secondary N) is 1. The molecule has 8 heteroatoms. The van der Waals surface area contributed by atoms with Crippen LogP contribution in [0.5, 0.6) is 0 Å². The van der Waals surface area contributed by atoms with Crippen LogP contribution in [-0.2, 0) is 20.9 Å². The summed E-state index contributed by atoms with van der Waals surface area (Å²) in [6.45, 7) is 6.28. The van der Waals surface area contributed by atoms with Crippen molar-refractivity contribution in [2.75, 3.05) is 32.8 Å². The van der Waals surface area contributed by atoms with Crippen LogP contribution < -0.4 is 5.32 Å². The molecule has 3 N–H and O–H groups in total. The molecule has 2 heterocycles. The lowest BCUT2D eigenvalue weighted by molar-refractivity contribution is -0.301. The van der Waals surface area contributed by atoms with Crippen LogP contribution in [-0.4, -0.2) is 65.2 Å². The van der Waals surface area contributed by atoms with Crippen molar-refractivity contribution in [1.29, 1.82) is 0 Å². The maximum Gasteiger partial charge on any atom is 0.251 e. The van der Waals surface area contributed by atoms with E-state index < -0.39 is 11.9 Å². The van der Waals surface area contributed by atoms with E-state index in [0.717, 1.165) is 38.4 Å². The maximum atomic E-state index is 11.9. The van der Waals surface area contributed by atoms with E-state index in [0.29, 0.717) is 17.3 Å². The molecular weight excluding hydrogens is 326 g/mol. The zero-order valence-electron chi connectivity index (χ0n) is 14.1. The molecule has 1 aromatic carbocycles. The van der Waals surface area contributed by atoms with E-state index in [4.69, 9.17) is 9.57 Å². The van der Waals surface area contributed by atoms with Crippen LogP contribution in [0.2, 0.25) is 0 Å². The number of ether oxygens (including phenoxy) is 1. The minimum Gasteiger partial charge on any atom is -0.506 e. The monoisotopic (exact) mass is 349 g/mol. The van der Waals surface area contributed by atoms with E-state index in [1.807, 2.05) is 12.1 Å². The number of hydrogen-bond donors (Lipinski definition) is 3. The highest BCUT2D eigenvalue weighted by molar-refractivity contribution is 5.87. The first kappa shape index (κ1) is 17.7. The van der Waals surface area contributed by atoms with E-state index in [9.17, 15) is 15.1 Å². The number of benzene rings is 1. The molecule has 1 aromatic rings. The predicted octanol–water partition coefficient (Wildman–Crippen LogP) is 0.887. The Morgan fingerprint density at radius 3 is 2.60 bits per heavy atom. The molecule has 0 aromatic heterocycles. The second-order valence-corrected chi connectivity index (χ2v) is 5.99. The number of hydrogen-bond acceptors (Lipinski definition) is 7. The van der Waals surface area contributed by atoms with Gasteiger partial charge in [-0.05, 0) is 17.7 Å². The van der Waals surface area contributed by atoms with Gasteiger partial charge < -0.3 is 20.0 Å². The highest BCUT2D eigenvalue weighted by atomic mass is 16.9. The highest BCUT2D eigenvalue weighted by Crippen LogP contribution is 2.30. The van der Waals surface area contributed by atoms with E-state index in [1.54, 1.807) is 19.1 Å². The highest BCUT2D eigenvalue weighted by Gasteiger charge is 2.40. The van der Waals surface area contributed by atoms with Crippen molar-refractivity contribution in [3.8, 4) is 0 Å². The Morgan fingerprint density at radius 2 is 1.96 bits per heavy atom. The first-order valence-corrected chi connectivity index (χ1v) is 8.36. The third-order valence-electron chi connectivity index (χ3n) is 4.22. The van der Waals surface area contributed by atoms with Gasteiger partial charge in [0, 0.05) is 31.7 Å². The molecule has 1 saturated heterocycles. The Bertz CT molecular complexity index is 640. The standard InChI is InChI=1S/C17H23N3O5/c1-2-18-17(22)14-15(21)16(25-20(14)23)13-5-3-12(4-6-13)11-19-7-9-24-10-8-19/h3-6,14,21,23H,2,7-11H2,1H3,(H,18,22). The average Bonchev–Trinajstić information content (AvgIpc) is 2.91. The Kier molecular flexibility index (Phi) is 5.54. The number of aliphatic hydroxyl groups is 1. The molecule has 0 radical (unpaired) electrons. The fourth-order valence-electron chi connectivity index (χ4n) is 2.90. The van der Waals surface area contributed by atoms with Gasteiger partial charge in [-0.1, -0.05) is 24.3 Å². The molecule has 1 amide bonds. The number of aliphatic hydroxyl groups excluding tert-OH is 1. The number of hydroxylamine groups is 2. The van der Waals surface area contributed by atoms with Crippen molar-refractivity contribution in [3.05, 3.63) is 41.2 Å². The SMILES string of the molecule is CCNC(=O)C1C(O)=C(c2ccc(CN3CCOCC3)cc2)ON1O. The van der Waals surface area contributed by atoms with Crippen LogP contribution in [0.1, 0.15) is 18.1 Å². The number of carbonyl (C=O) groups is 1. The lowest BCUT2D eigenvalue weighted by Crippen LogP contribution is -2.43. The number of amides is 1. The van der Waals surface area contributed by atoms with Gasteiger partial charge >= 0.3 is 0 Å². The van der Waals surface area contributed by atoms with Gasteiger partial charge in [0.1, 0.15) is 0 Å². The third kappa shape index (κ3) is 3.93. The molecule has 3 rings (SSSR count). The molecule has 25 heavy (non-hydrogen) atoms. The van der Waals surface area contributed by atoms with Crippen LogP contribution in [0.3, 0.4) is 0 Å². The molecule has 1 atom stereocenters. The normalized spacial score (nSPS) is 22.1. The molecule has 1 unspecified atom stereocenters. The molecule has 2 aliphatic rings. The van der Waals surface area contributed by atoms with Crippen LogP contribution in [0, 0.1) is 0 Å². The second kappa shape index (κ2) is 7.83. The van der Waals surface area contributed by atoms with Gasteiger partial charge in [0.15, 0.2) is 11.5 Å². The first-order chi connectivity index (χ1) is 12.1. The molecule has 1 fully saturated rings. The van der Waals surface area contributed by atoms with Crippen molar-refractivity contribution in [1.82, 2.24) is 15.4 Å². The van der Waals surface area contributed by atoms with E-state index >= 15 is 0 Å². The predicted molar refractivity (Wildman–Crippen MR) is 89.3 cm³/mol. The Hall–Kier alpha value is -2.13. The summed E-state index contributed by atoms with van der Waals surface area (Å²) in [7, 11) is 0. The van der Waals surface area contributed by atoms with Gasteiger partial charge in [-0.25, -0.2) is 0 Å². The number of carbonyl (C=O) groups excluding carboxylic acids is 1. The van der Waals surface area contributed by atoms with Crippen molar-refractivity contribution in [2.45, 2.75) is 19.5 Å². The number of morpholine rings is 1. The fourth-order valence-corrected chi connectivity index (χ4v) is 2.90. The minimum atomic E-state index is -1.26. The van der Waals surface area contributed by atoms with Gasteiger partial charge in [0.2, 0.25) is 6.04 Å². The molecule has 0 bridgehead atoms. The lowest BCUT2D eigenvalue weighted by atomic mass is 10.1. The van der Waals surface area contributed by atoms with Crippen LogP contribution in [0.25, 0.3) is 5.76 Å². The summed E-state index contributed by atoms with van der Waals surface area (Å²) >= 11 is 0. The summed E-state index contributed by atoms with van der Waals surface area (Å²) in [5, 5.41) is 23.0. The van der Waals surface area contributed by atoms with Gasteiger partial charge in [0.25, 0.3) is 5.91 Å². The zero-order chi connectivity index (χ0) is 17.8. The van der Waals surface area contributed by atoms with Crippen LogP contribution >= 0.6 is 0 Å². The summed E-state index contributed by atoms with van der Waals surface area (Å²) < 4.78 is 5.34. The summed E-state index contributed by atoms with van der Waals surface area (Å²) in [6, 6.07) is 6.22. The minimum absolute atomic E-state index is 0.0803. The summed E-state index contributed by atoms with van der Waals surface area (Å²) in [5.41, 5.74) is 1.72. The Balaban J connectivity index is 1.71. The molecule has 8 nitrogen and oxygen atoms in total. The zero-order valence-corrected chi connectivity index (χ0v) is 14.1. The van der Waals surface area contributed by atoms with Crippen molar-refractivity contribution in [3.63, 3.8) is 0 Å². The topological polar surface area (TPSA) is 94.5 Å². The summed E-state index contributed by atoms with van der Waals surface area (Å²) in [5.74, 6) is -0.757. The smallest absolute Gasteiger partial charge is 0.251 e. The maximum absolute atomic E-state index is 11.9. The Labute approximate surface area is 146 Å². The number of rotatable bonds is 5. The van der Waals surface area contributed by atoms with E-state index in [2.05, 4.69) is 10.2 Å². The molecular formula is C17H23N3O5. The molecule has 0 aliphatic carbocycles. The van der Waals surface area contributed by atoms with E-state index in [1.165, 1.54) is 0 Å². The molecule has 0 saturated carbocycles. The summed E-state index contributed by atoms with van der Waals surface area (Å²) in [6.07, 6.45) is 0. The van der Waals surface area contributed by atoms with Gasteiger partial charge in [0.05, 0.1) is 13.2 Å². The largest absolute Gasteiger partial charge is 0.506 e. The summed E-state index contributed by atoms with van der Waals surface area (Å²) in [4.78, 5) is 19.4. The van der Waals surface area contributed by atoms with E-state index in [-0.39, 0.29) is 11.5 Å². The number of likely N-dealkylation sites (N-methyl/N-ethyl adjacent to an activating group) is 1. The lowest BCUT2D eigenvalue weighted by Gasteiger charge is -2.26. The fraction of sp³-hybridized carbons (Fsp3) is 0.471. The quantitative estimate of drug-likeness (QED) is 0.727. The van der Waals surface area contributed by atoms with Crippen LogP contribution in [0.15, 0.2) is 30.0 Å². The third-order valence-corrected chi connectivity index (χ3v) is 4.22.